The van der Waals surface area contributed by atoms with Gasteiger partial charge in [0.05, 0.1) is 17.6 Å². The normalized spacial score (nSPS) is 20.2. The van der Waals surface area contributed by atoms with E-state index < -0.39 is 0 Å². The average molecular weight is 552 g/mol. The third kappa shape index (κ3) is 4.90. The van der Waals surface area contributed by atoms with Crippen LogP contribution in [0.4, 0.5) is 16.3 Å². The van der Waals surface area contributed by atoms with Crippen LogP contribution in [-0.4, -0.2) is 65.9 Å². The molecule has 7 rings (SSSR count). The van der Waals surface area contributed by atoms with Crippen LogP contribution in [0, 0.1) is 12.8 Å². The molecule has 1 N–H and O–H groups in total. The van der Waals surface area contributed by atoms with E-state index in [1.165, 1.54) is 11.9 Å². The molecule has 0 radical (unpaired) electrons. The van der Waals surface area contributed by atoms with Gasteiger partial charge in [-0.25, -0.2) is 19.7 Å². The number of pyridine rings is 1. The van der Waals surface area contributed by atoms with Gasteiger partial charge in [0.25, 0.3) is 0 Å². The Labute approximate surface area is 235 Å². The molecular formula is C29H29N9O3. The second-order valence-electron chi connectivity index (χ2n) is 11.2. The molecule has 12 heteroatoms. The molecule has 4 aromatic rings. The van der Waals surface area contributed by atoms with E-state index in [9.17, 15) is 14.4 Å². The second-order valence-corrected chi connectivity index (χ2v) is 11.2. The van der Waals surface area contributed by atoms with Crippen LogP contribution in [0.15, 0.2) is 43.0 Å². The molecule has 4 aromatic heterocycles. The summed E-state index contributed by atoms with van der Waals surface area (Å²) in [4.78, 5) is 54.1. The van der Waals surface area contributed by atoms with Gasteiger partial charge in [-0.1, -0.05) is 0 Å². The van der Waals surface area contributed by atoms with Crippen molar-refractivity contribution >= 4 is 35.0 Å². The molecule has 41 heavy (non-hydrogen) atoms. The molecule has 2 unspecified atom stereocenters. The Kier molecular flexibility index (Phi) is 5.98. The minimum atomic E-state index is -0.337. The number of amides is 4. The molecule has 4 amide bonds. The predicted octanol–water partition coefficient (Wildman–Crippen LogP) is 3.03. The fourth-order valence-corrected chi connectivity index (χ4v) is 5.41. The van der Waals surface area contributed by atoms with Gasteiger partial charge in [0, 0.05) is 43.2 Å². The molecule has 3 fully saturated rings. The Morgan fingerprint density at radius 2 is 1.98 bits per heavy atom. The number of likely N-dealkylation sites (N-methyl/N-ethyl adjacent to an activating group) is 1. The van der Waals surface area contributed by atoms with E-state index in [2.05, 4.69) is 31.7 Å². The summed E-state index contributed by atoms with van der Waals surface area (Å²) in [5.74, 6) is 1.11. The number of nitrogens with one attached hydrogen (secondary N) is 1. The van der Waals surface area contributed by atoms with Gasteiger partial charge in [0.15, 0.2) is 11.5 Å². The van der Waals surface area contributed by atoms with Crippen LogP contribution in [0.3, 0.4) is 0 Å². The molecule has 3 aliphatic rings. The van der Waals surface area contributed by atoms with Crippen LogP contribution < -0.4 is 10.2 Å². The van der Waals surface area contributed by atoms with Gasteiger partial charge >= 0.3 is 6.03 Å². The minimum absolute atomic E-state index is 0.0120. The number of nitrogens with zero attached hydrogens (tertiary/aromatic N) is 8. The first-order valence-corrected chi connectivity index (χ1v) is 13.9. The highest BCUT2D eigenvalue weighted by Gasteiger charge is 2.46. The van der Waals surface area contributed by atoms with E-state index in [1.807, 2.05) is 35.7 Å². The van der Waals surface area contributed by atoms with Gasteiger partial charge in [-0.2, -0.15) is 5.10 Å². The molecule has 0 aromatic carbocycles. The molecule has 0 bridgehead atoms. The van der Waals surface area contributed by atoms with Gasteiger partial charge in [0.2, 0.25) is 11.8 Å². The third-order valence-electron chi connectivity index (χ3n) is 8.03. The summed E-state index contributed by atoms with van der Waals surface area (Å²) in [6.45, 7) is 1.92. The van der Waals surface area contributed by atoms with Gasteiger partial charge in [-0.05, 0) is 74.3 Å². The number of fused-ring (bicyclic) bond motifs is 1. The monoisotopic (exact) mass is 551 g/mol. The first-order chi connectivity index (χ1) is 19.8. The fourth-order valence-electron chi connectivity index (χ4n) is 5.41. The number of imidazole rings is 1. The first kappa shape index (κ1) is 25.2. The Morgan fingerprint density at radius 1 is 1.12 bits per heavy atom. The largest absolute Gasteiger partial charge is 0.331 e. The van der Waals surface area contributed by atoms with Crippen LogP contribution in [-0.2, 0) is 22.4 Å². The summed E-state index contributed by atoms with van der Waals surface area (Å²) in [7, 11) is 1.50. The van der Waals surface area contributed by atoms with Crippen LogP contribution in [0.25, 0.3) is 5.65 Å². The molecule has 1 saturated heterocycles. The maximum atomic E-state index is 12.8. The standard InChI is InChI=1S/C29H29N9O3/c1-16-7-8-30-26(32-16)21-11-22(21)28(40)34-24-9-17(12-31-35-24)3-6-20-14-37-13-19(18-4-5-18)10-23(27(37)33-20)38-15-25(39)36(2)29(38)41/h7-10,12-14,18,21-22H,3-6,11,15H2,1-2H3,(H,34,35,40). The molecule has 1 aliphatic heterocycles. The predicted molar refractivity (Wildman–Crippen MR) is 148 cm³/mol. The van der Waals surface area contributed by atoms with E-state index >= 15 is 0 Å². The highest BCUT2D eigenvalue weighted by atomic mass is 16.2. The Balaban J connectivity index is 1.05. The molecule has 2 atom stereocenters. The summed E-state index contributed by atoms with van der Waals surface area (Å²) in [5, 5.41) is 11.1. The molecule has 2 saturated carbocycles. The third-order valence-corrected chi connectivity index (χ3v) is 8.03. The van der Waals surface area contributed by atoms with Crippen molar-refractivity contribution in [2.24, 2.45) is 5.92 Å². The van der Waals surface area contributed by atoms with Crippen molar-refractivity contribution in [1.82, 2.24) is 34.4 Å². The van der Waals surface area contributed by atoms with Crippen molar-refractivity contribution < 1.29 is 14.4 Å². The maximum absolute atomic E-state index is 12.8. The fraction of sp³-hybridized carbons (Fsp3) is 0.379. The van der Waals surface area contributed by atoms with E-state index in [-0.39, 0.29) is 36.2 Å². The number of urea groups is 1. The van der Waals surface area contributed by atoms with Gasteiger partial charge in [-0.15, -0.1) is 5.10 Å². The number of imide groups is 1. The summed E-state index contributed by atoms with van der Waals surface area (Å²) >= 11 is 0. The highest BCUT2D eigenvalue weighted by molar-refractivity contribution is 6.13. The molecule has 208 valence electrons. The summed E-state index contributed by atoms with van der Waals surface area (Å²) in [5.41, 5.74) is 5.12. The molecular weight excluding hydrogens is 522 g/mol. The van der Waals surface area contributed by atoms with Gasteiger partial charge in [0.1, 0.15) is 12.4 Å². The second kappa shape index (κ2) is 9.72. The van der Waals surface area contributed by atoms with Gasteiger partial charge in [-0.3, -0.25) is 19.4 Å². The van der Waals surface area contributed by atoms with Crippen molar-refractivity contribution in [1.29, 1.82) is 0 Å². The number of anilines is 2. The van der Waals surface area contributed by atoms with E-state index in [0.717, 1.165) is 40.3 Å². The smallest absolute Gasteiger partial charge is 0.309 e. The molecule has 5 heterocycles. The Bertz CT molecular complexity index is 1710. The topological polar surface area (TPSA) is 139 Å². The van der Waals surface area contributed by atoms with E-state index in [1.54, 1.807) is 12.4 Å². The van der Waals surface area contributed by atoms with Crippen molar-refractivity contribution in [2.75, 3.05) is 23.8 Å². The zero-order valence-corrected chi connectivity index (χ0v) is 22.8. The lowest BCUT2D eigenvalue weighted by Crippen LogP contribution is -2.30. The van der Waals surface area contributed by atoms with E-state index in [4.69, 9.17) is 4.98 Å². The molecule has 12 nitrogen and oxygen atoms in total. The van der Waals surface area contributed by atoms with Crippen LogP contribution in [0.2, 0.25) is 0 Å². The Morgan fingerprint density at radius 3 is 2.73 bits per heavy atom. The summed E-state index contributed by atoms with van der Waals surface area (Å²) < 4.78 is 1.97. The lowest BCUT2D eigenvalue weighted by Gasteiger charge is -2.17. The molecule has 2 aliphatic carbocycles. The van der Waals surface area contributed by atoms with Crippen molar-refractivity contribution in [3.8, 4) is 0 Å². The van der Waals surface area contributed by atoms with Crippen molar-refractivity contribution in [2.45, 2.75) is 50.9 Å². The lowest BCUT2D eigenvalue weighted by atomic mass is 10.1. The minimum Gasteiger partial charge on any atom is -0.309 e. The number of carbonyl (C=O) groups is 3. The number of rotatable bonds is 8. The van der Waals surface area contributed by atoms with Gasteiger partial charge < -0.3 is 9.72 Å². The Hall–Kier alpha value is -4.74. The summed E-state index contributed by atoms with van der Waals surface area (Å²) in [6, 6.07) is 5.34. The quantitative estimate of drug-likeness (QED) is 0.330. The zero-order chi connectivity index (χ0) is 28.2. The lowest BCUT2D eigenvalue weighted by molar-refractivity contribution is -0.124. The van der Waals surface area contributed by atoms with Crippen molar-refractivity contribution in [3.63, 3.8) is 0 Å². The number of hydrogen-bond acceptors (Lipinski definition) is 8. The first-order valence-electron chi connectivity index (χ1n) is 13.9. The van der Waals surface area contributed by atoms with Crippen molar-refractivity contribution in [3.05, 3.63) is 71.3 Å². The van der Waals surface area contributed by atoms with Crippen LogP contribution >= 0.6 is 0 Å². The van der Waals surface area contributed by atoms with E-state index in [0.29, 0.717) is 48.2 Å². The highest BCUT2D eigenvalue weighted by Crippen LogP contribution is 2.46. The summed E-state index contributed by atoms with van der Waals surface area (Å²) in [6.07, 6.45) is 11.7. The number of carbonyl (C=O) groups excluding carboxylic acids is 3. The molecule has 0 spiro atoms. The van der Waals surface area contributed by atoms with Crippen LogP contribution in [0.1, 0.15) is 59.4 Å². The number of hydrogen-bond donors (Lipinski definition) is 1. The SMILES string of the molecule is Cc1ccnc(C2CC2C(=O)Nc2cc(CCc3cn4cc(C5CC5)cc(N5CC(=O)N(C)C5=O)c4n3)cnn2)n1. The zero-order valence-electron chi connectivity index (χ0n) is 22.8. The number of aromatic nitrogens is 6. The number of aryl methyl sites for hydroxylation is 3. The maximum Gasteiger partial charge on any atom is 0.331 e. The average Bonchev–Trinajstić information content (AvgIpc) is 3.89. The van der Waals surface area contributed by atoms with Crippen LogP contribution in [0.5, 0.6) is 0 Å².